The number of Topliss-reactive ketones (excluding diaryl/α,β-unsaturated/α-hetero) is 1. The van der Waals surface area contributed by atoms with Crippen molar-refractivity contribution in [2.75, 3.05) is 6.61 Å². The van der Waals surface area contributed by atoms with E-state index in [1.807, 2.05) is 60.7 Å². The lowest BCUT2D eigenvalue weighted by molar-refractivity contribution is 0.0929. The monoisotopic (exact) mass is 521 g/mol. The van der Waals surface area contributed by atoms with Crippen LogP contribution >= 0.6 is 0 Å². The van der Waals surface area contributed by atoms with Crippen LogP contribution in [0.4, 0.5) is 4.39 Å². The van der Waals surface area contributed by atoms with Crippen molar-refractivity contribution in [3.63, 3.8) is 0 Å². The number of hydrogen-bond donors (Lipinski definition) is 2. The number of aliphatic hydroxyl groups excluding tert-OH is 1. The van der Waals surface area contributed by atoms with Crippen molar-refractivity contribution in [2.45, 2.75) is 25.8 Å². The van der Waals surface area contributed by atoms with E-state index in [9.17, 15) is 19.1 Å². The molecule has 0 aliphatic rings. The van der Waals surface area contributed by atoms with E-state index < -0.39 is 0 Å². The molecule has 2 N–H and O–H groups in total. The number of fused-ring (bicyclic) bond motifs is 1. The highest BCUT2D eigenvalue weighted by molar-refractivity contribution is 6.12. The molecule has 0 saturated carbocycles. The van der Waals surface area contributed by atoms with Gasteiger partial charge in [-0.2, -0.15) is 0 Å². The third kappa shape index (κ3) is 5.52. The van der Waals surface area contributed by atoms with Crippen LogP contribution in [0.3, 0.4) is 0 Å². The van der Waals surface area contributed by atoms with Crippen LogP contribution < -0.4 is 5.32 Å². The van der Waals surface area contributed by atoms with E-state index in [1.54, 1.807) is 31.2 Å². The first-order chi connectivity index (χ1) is 19.0. The fourth-order valence-electron chi connectivity index (χ4n) is 4.75. The van der Waals surface area contributed by atoms with Crippen molar-refractivity contribution in [1.82, 2.24) is 5.32 Å². The number of halogens is 1. The number of furan rings is 1. The topological polar surface area (TPSA) is 79.5 Å². The molecule has 0 bridgehead atoms. The van der Waals surface area contributed by atoms with Gasteiger partial charge in [-0.15, -0.1) is 0 Å². The van der Waals surface area contributed by atoms with Crippen LogP contribution in [0, 0.1) is 5.82 Å². The Hall–Kier alpha value is -4.55. The lowest BCUT2D eigenvalue weighted by Gasteiger charge is -2.18. The van der Waals surface area contributed by atoms with Gasteiger partial charge in [-0.1, -0.05) is 55.5 Å². The first kappa shape index (κ1) is 26.1. The highest BCUT2D eigenvalue weighted by Gasteiger charge is 2.22. The largest absolute Gasteiger partial charge is 0.455 e. The molecule has 1 aromatic heterocycles. The summed E-state index contributed by atoms with van der Waals surface area (Å²) in [4.78, 5) is 26.2. The molecule has 5 aromatic rings. The lowest BCUT2D eigenvalue weighted by atomic mass is 9.97. The molecule has 1 unspecified atom stereocenters. The number of carbonyl (C=O) groups excluding carboxylic acids is 2. The smallest absolute Gasteiger partial charge is 0.251 e. The zero-order chi connectivity index (χ0) is 27.4. The van der Waals surface area contributed by atoms with Crippen molar-refractivity contribution in [3.05, 3.63) is 120 Å². The molecular formula is C33H28FNO4. The first-order valence-electron chi connectivity index (χ1n) is 12.9. The summed E-state index contributed by atoms with van der Waals surface area (Å²) in [5.41, 5.74) is 4.68. The molecule has 1 heterocycles. The fourth-order valence-corrected chi connectivity index (χ4v) is 4.75. The minimum Gasteiger partial charge on any atom is -0.455 e. The van der Waals surface area contributed by atoms with Crippen LogP contribution in [0.1, 0.15) is 52.1 Å². The van der Waals surface area contributed by atoms with Gasteiger partial charge in [0.2, 0.25) is 0 Å². The van der Waals surface area contributed by atoms with Gasteiger partial charge in [0.25, 0.3) is 5.91 Å². The van der Waals surface area contributed by atoms with Gasteiger partial charge < -0.3 is 14.8 Å². The second-order valence-corrected chi connectivity index (χ2v) is 9.33. The maximum absolute atomic E-state index is 13.5. The SMILES string of the molecule is CCC(=O)c1c(-c2ccc(F)cc2)oc2ccc(-c3cccc(C(=O)NC(CCO)c4ccccc4)c3)cc12. The lowest BCUT2D eigenvalue weighted by Crippen LogP contribution is -2.29. The minimum absolute atomic E-state index is 0.0523. The Balaban J connectivity index is 1.50. The second-order valence-electron chi connectivity index (χ2n) is 9.33. The normalized spacial score (nSPS) is 11.9. The van der Waals surface area contributed by atoms with E-state index in [0.717, 1.165) is 16.7 Å². The fraction of sp³-hybridized carbons (Fsp3) is 0.152. The summed E-state index contributed by atoms with van der Waals surface area (Å²) < 4.78 is 19.6. The zero-order valence-corrected chi connectivity index (χ0v) is 21.5. The van der Waals surface area contributed by atoms with Gasteiger partial charge in [0.15, 0.2) is 5.78 Å². The Labute approximate surface area is 225 Å². The number of amides is 1. The molecule has 1 atom stereocenters. The number of ketones is 1. The van der Waals surface area contributed by atoms with Crippen molar-refractivity contribution in [2.24, 2.45) is 0 Å². The van der Waals surface area contributed by atoms with Gasteiger partial charge in [-0.3, -0.25) is 9.59 Å². The van der Waals surface area contributed by atoms with E-state index in [0.29, 0.717) is 46.3 Å². The van der Waals surface area contributed by atoms with Crippen LogP contribution in [0.25, 0.3) is 33.4 Å². The third-order valence-corrected chi connectivity index (χ3v) is 6.78. The number of rotatable bonds is 9. The Morgan fingerprint density at radius 3 is 2.31 bits per heavy atom. The quantitative estimate of drug-likeness (QED) is 0.199. The molecule has 0 aliphatic carbocycles. The van der Waals surface area contributed by atoms with Crippen LogP contribution in [0.15, 0.2) is 101 Å². The molecule has 4 aromatic carbocycles. The molecule has 6 heteroatoms. The molecule has 5 rings (SSSR count). The molecule has 39 heavy (non-hydrogen) atoms. The number of carbonyl (C=O) groups is 2. The van der Waals surface area contributed by atoms with Gasteiger partial charge in [-0.25, -0.2) is 4.39 Å². The summed E-state index contributed by atoms with van der Waals surface area (Å²) in [6.07, 6.45) is 0.691. The molecule has 0 saturated heterocycles. The predicted octanol–water partition coefficient (Wildman–Crippen LogP) is 7.35. The molecule has 0 radical (unpaired) electrons. The van der Waals surface area contributed by atoms with Gasteiger partial charge in [0.05, 0.1) is 11.6 Å². The Morgan fingerprint density at radius 2 is 1.59 bits per heavy atom. The number of benzene rings is 4. The average molecular weight is 522 g/mol. The van der Waals surface area contributed by atoms with Gasteiger partial charge in [-0.05, 0) is 71.6 Å². The maximum atomic E-state index is 13.5. The molecule has 5 nitrogen and oxygen atoms in total. The van der Waals surface area contributed by atoms with E-state index >= 15 is 0 Å². The maximum Gasteiger partial charge on any atom is 0.251 e. The van der Waals surface area contributed by atoms with Crippen molar-refractivity contribution in [3.8, 4) is 22.5 Å². The Morgan fingerprint density at radius 1 is 0.872 bits per heavy atom. The summed E-state index contributed by atoms with van der Waals surface area (Å²) >= 11 is 0. The van der Waals surface area contributed by atoms with Crippen LogP contribution in [0.5, 0.6) is 0 Å². The van der Waals surface area contributed by atoms with Crippen LogP contribution in [-0.4, -0.2) is 23.4 Å². The standard InChI is InChI=1S/C33H28FNO4/c1-2-29(37)31-27-20-24(13-16-30(27)39-32(31)22-11-14-26(34)15-12-22)23-9-6-10-25(19-23)33(38)35-28(17-18-36)21-7-4-3-5-8-21/h3-16,19-20,28,36H,2,17-18H2,1H3,(H,35,38). The summed E-state index contributed by atoms with van der Waals surface area (Å²) in [5, 5.41) is 13.2. The van der Waals surface area contributed by atoms with Gasteiger partial charge in [0.1, 0.15) is 17.2 Å². The molecule has 196 valence electrons. The average Bonchev–Trinajstić information content (AvgIpc) is 3.36. The van der Waals surface area contributed by atoms with E-state index in [1.165, 1.54) is 12.1 Å². The first-order valence-corrected chi connectivity index (χ1v) is 12.9. The molecular weight excluding hydrogens is 493 g/mol. The van der Waals surface area contributed by atoms with Crippen LogP contribution in [0.2, 0.25) is 0 Å². The number of hydrogen-bond acceptors (Lipinski definition) is 4. The summed E-state index contributed by atoms with van der Waals surface area (Å²) in [6, 6.07) is 28.0. The predicted molar refractivity (Wildman–Crippen MR) is 150 cm³/mol. The second kappa shape index (κ2) is 11.5. The van der Waals surface area contributed by atoms with Gasteiger partial charge in [0, 0.05) is 29.5 Å². The highest BCUT2D eigenvalue weighted by atomic mass is 19.1. The molecule has 0 spiro atoms. The summed E-state index contributed by atoms with van der Waals surface area (Å²) in [7, 11) is 0. The van der Waals surface area contributed by atoms with E-state index in [-0.39, 0.29) is 30.2 Å². The van der Waals surface area contributed by atoms with Crippen molar-refractivity contribution in [1.29, 1.82) is 0 Å². The molecule has 0 aliphatic heterocycles. The van der Waals surface area contributed by atoms with Crippen LogP contribution in [-0.2, 0) is 0 Å². The van der Waals surface area contributed by atoms with Crippen molar-refractivity contribution >= 4 is 22.7 Å². The summed E-state index contributed by atoms with van der Waals surface area (Å²) in [5.74, 6) is -0.271. The Kier molecular flexibility index (Phi) is 7.66. The van der Waals surface area contributed by atoms with E-state index in [4.69, 9.17) is 4.42 Å². The number of nitrogens with one attached hydrogen (secondary N) is 1. The third-order valence-electron chi connectivity index (χ3n) is 6.78. The van der Waals surface area contributed by atoms with Crippen molar-refractivity contribution < 1.29 is 23.5 Å². The molecule has 0 fully saturated rings. The van der Waals surface area contributed by atoms with E-state index in [2.05, 4.69) is 5.32 Å². The Bertz CT molecular complexity index is 1620. The highest BCUT2D eigenvalue weighted by Crippen LogP contribution is 2.37. The molecule has 1 amide bonds. The van der Waals surface area contributed by atoms with Gasteiger partial charge >= 0.3 is 0 Å². The minimum atomic E-state index is -0.365. The number of aliphatic hydroxyl groups is 1. The zero-order valence-electron chi connectivity index (χ0n) is 21.5. The summed E-state index contributed by atoms with van der Waals surface area (Å²) in [6.45, 7) is 1.74.